The molecule has 2 aromatic rings. The highest BCUT2D eigenvalue weighted by molar-refractivity contribution is 5.95. The molecular formula is C18H17NO4. The number of nitrogens with zero attached hydrogens (tertiary/aromatic N) is 1. The second-order valence-electron chi connectivity index (χ2n) is 5.79. The van der Waals surface area contributed by atoms with Crippen LogP contribution in [0, 0.1) is 0 Å². The Bertz CT molecular complexity index is 758. The number of carbonyl (C=O) groups excluding carboxylic acids is 1. The van der Waals surface area contributed by atoms with E-state index < -0.39 is 0 Å². The van der Waals surface area contributed by atoms with E-state index in [1.54, 1.807) is 18.2 Å². The van der Waals surface area contributed by atoms with Gasteiger partial charge < -0.3 is 19.1 Å². The predicted molar refractivity (Wildman–Crippen MR) is 83.8 cm³/mol. The molecule has 118 valence electrons. The van der Waals surface area contributed by atoms with Crippen LogP contribution in [0.25, 0.3) is 0 Å². The summed E-state index contributed by atoms with van der Waals surface area (Å²) < 4.78 is 16.6. The zero-order chi connectivity index (χ0) is 15.8. The van der Waals surface area contributed by atoms with E-state index in [-0.39, 0.29) is 18.8 Å². The van der Waals surface area contributed by atoms with Gasteiger partial charge in [0, 0.05) is 17.7 Å². The van der Waals surface area contributed by atoms with Crippen LogP contribution in [0.3, 0.4) is 0 Å². The zero-order valence-electron chi connectivity index (χ0n) is 12.8. The number of hydrogen-bond acceptors (Lipinski definition) is 4. The van der Waals surface area contributed by atoms with Gasteiger partial charge >= 0.3 is 0 Å². The van der Waals surface area contributed by atoms with E-state index in [2.05, 4.69) is 0 Å². The molecule has 2 aromatic carbocycles. The van der Waals surface area contributed by atoms with Crippen molar-refractivity contribution in [2.75, 3.05) is 13.3 Å². The zero-order valence-corrected chi connectivity index (χ0v) is 12.8. The first-order valence-electron chi connectivity index (χ1n) is 7.64. The number of para-hydroxylation sites is 1. The van der Waals surface area contributed by atoms with Crippen molar-refractivity contribution in [3.05, 3.63) is 53.6 Å². The number of ether oxygens (including phenoxy) is 3. The maximum atomic E-state index is 12.9. The second-order valence-corrected chi connectivity index (χ2v) is 5.79. The fourth-order valence-corrected chi connectivity index (χ4v) is 2.95. The van der Waals surface area contributed by atoms with Crippen LogP contribution in [0.15, 0.2) is 42.5 Å². The highest BCUT2D eigenvalue weighted by atomic mass is 16.7. The molecule has 2 aliphatic heterocycles. The lowest BCUT2D eigenvalue weighted by Gasteiger charge is -2.22. The molecule has 0 fully saturated rings. The van der Waals surface area contributed by atoms with Crippen LogP contribution in [0.2, 0.25) is 0 Å². The van der Waals surface area contributed by atoms with E-state index in [9.17, 15) is 4.79 Å². The van der Waals surface area contributed by atoms with Crippen LogP contribution in [0.5, 0.6) is 17.2 Å². The molecule has 0 N–H and O–H groups in total. The number of fused-ring (bicyclic) bond motifs is 2. The van der Waals surface area contributed by atoms with Gasteiger partial charge in [-0.1, -0.05) is 18.2 Å². The standard InChI is InChI=1S/C18H17NO4/c1-12-9-19(10-14-4-2-3-5-15(14)23-12)18(20)13-6-7-16-17(8-13)22-11-21-16/h2-8,12H,9-11H2,1H3. The van der Waals surface area contributed by atoms with E-state index in [0.717, 1.165) is 11.3 Å². The molecule has 2 heterocycles. The topological polar surface area (TPSA) is 48.0 Å². The smallest absolute Gasteiger partial charge is 0.254 e. The first-order valence-corrected chi connectivity index (χ1v) is 7.64. The van der Waals surface area contributed by atoms with Crippen LogP contribution in [-0.4, -0.2) is 30.2 Å². The molecular weight excluding hydrogens is 294 g/mol. The molecule has 0 saturated heterocycles. The van der Waals surface area contributed by atoms with Crippen molar-refractivity contribution in [3.63, 3.8) is 0 Å². The Kier molecular flexibility index (Phi) is 3.33. The van der Waals surface area contributed by atoms with Crippen LogP contribution >= 0.6 is 0 Å². The summed E-state index contributed by atoms with van der Waals surface area (Å²) in [5, 5.41) is 0. The van der Waals surface area contributed by atoms with Gasteiger partial charge in [-0.15, -0.1) is 0 Å². The highest BCUT2D eigenvalue weighted by Gasteiger charge is 2.25. The summed E-state index contributed by atoms with van der Waals surface area (Å²) in [5.74, 6) is 2.12. The quantitative estimate of drug-likeness (QED) is 0.812. The van der Waals surface area contributed by atoms with Gasteiger partial charge in [0.15, 0.2) is 11.5 Å². The van der Waals surface area contributed by atoms with Crippen molar-refractivity contribution in [1.82, 2.24) is 4.90 Å². The number of benzene rings is 2. The third kappa shape index (κ3) is 2.59. The SMILES string of the molecule is CC1CN(C(=O)c2ccc3c(c2)OCO3)Cc2ccccc2O1. The monoisotopic (exact) mass is 311 g/mol. The number of rotatable bonds is 1. The van der Waals surface area contributed by atoms with Gasteiger partial charge in [0.1, 0.15) is 11.9 Å². The predicted octanol–water partition coefficient (Wildman–Crippen LogP) is 2.84. The molecule has 1 unspecified atom stereocenters. The average molecular weight is 311 g/mol. The number of carbonyl (C=O) groups is 1. The Morgan fingerprint density at radius 3 is 2.83 bits per heavy atom. The van der Waals surface area contributed by atoms with Gasteiger partial charge in [0.25, 0.3) is 5.91 Å². The van der Waals surface area contributed by atoms with Crippen molar-refractivity contribution in [2.45, 2.75) is 19.6 Å². The van der Waals surface area contributed by atoms with Gasteiger partial charge in [-0.2, -0.15) is 0 Å². The lowest BCUT2D eigenvalue weighted by molar-refractivity contribution is 0.0690. The average Bonchev–Trinajstić information content (AvgIpc) is 2.95. The Labute approximate surface area is 134 Å². The van der Waals surface area contributed by atoms with Gasteiger partial charge in [0.05, 0.1) is 6.54 Å². The van der Waals surface area contributed by atoms with Crippen molar-refractivity contribution < 1.29 is 19.0 Å². The lowest BCUT2D eigenvalue weighted by Crippen LogP contribution is -2.36. The number of amides is 1. The molecule has 4 rings (SSSR count). The van der Waals surface area contributed by atoms with Crippen molar-refractivity contribution >= 4 is 5.91 Å². The molecule has 23 heavy (non-hydrogen) atoms. The van der Waals surface area contributed by atoms with E-state index in [4.69, 9.17) is 14.2 Å². The van der Waals surface area contributed by atoms with E-state index in [0.29, 0.717) is 30.2 Å². The van der Waals surface area contributed by atoms with Gasteiger partial charge in [-0.25, -0.2) is 0 Å². The van der Waals surface area contributed by atoms with E-state index >= 15 is 0 Å². The summed E-state index contributed by atoms with van der Waals surface area (Å²) in [6, 6.07) is 13.1. The van der Waals surface area contributed by atoms with Gasteiger partial charge in [-0.05, 0) is 31.2 Å². The second kappa shape index (κ2) is 5.50. The molecule has 0 spiro atoms. The summed E-state index contributed by atoms with van der Waals surface area (Å²) >= 11 is 0. The summed E-state index contributed by atoms with van der Waals surface area (Å²) in [6.07, 6.45) is -0.0587. The fraction of sp³-hybridized carbons (Fsp3) is 0.278. The van der Waals surface area contributed by atoms with E-state index in [1.165, 1.54) is 0 Å². The summed E-state index contributed by atoms with van der Waals surface area (Å²) in [6.45, 7) is 3.26. The molecule has 0 saturated carbocycles. The lowest BCUT2D eigenvalue weighted by atomic mass is 10.1. The molecule has 1 amide bonds. The normalized spacial score (nSPS) is 18.8. The molecule has 5 heteroatoms. The molecule has 0 bridgehead atoms. The summed E-state index contributed by atoms with van der Waals surface area (Å²) in [7, 11) is 0. The summed E-state index contributed by atoms with van der Waals surface area (Å²) in [5.41, 5.74) is 1.62. The molecule has 2 aliphatic rings. The van der Waals surface area contributed by atoms with Crippen LogP contribution in [-0.2, 0) is 6.54 Å². The molecule has 5 nitrogen and oxygen atoms in total. The van der Waals surface area contributed by atoms with Crippen LogP contribution < -0.4 is 14.2 Å². The Morgan fingerprint density at radius 1 is 1.09 bits per heavy atom. The Hall–Kier alpha value is -2.69. The largest absolute Gasteiger partial charge is 0.489 e. The van der Waals surface area contributed by atoms with Gasteiger partial charge in [0.2, 0.25) is 6.79 Å². The minimum absolute atomic E-state index is 0.0320. The van der Waals surface area contributed by atoms with Crippen LogP contribution in [0.1, 0.15) is 22.8 Å². The Balaban J connectivity index is 1.63. The summed E-state index contributed by atoms with van der Waals surface area (Å²) in [4.78, 5) is 14.7. The van der Waals surface area contributed by atoms with Crippen LogP contribution in [0.4, 0.5) is 0 Å². The Morgan fingerprint density at radius 2 is 1.91 bits per heavy atom. The third-order valence-corrected chi connectivity index (χ3v) is 4.05. The first kappa shape index (κ1) is 13.9. The maximum absolute atomic E-state index is 12.9. The van der Waals surface area contributed by atoms with Crippen molar-refractivity contribution in [1.29, 1.82) is 0 Å². The van der Waals surface area contributed by atoms with Crippen molar-refractivity contribution in [3.8, 4) is 17.2 Å². The molecule has 1 atom stereocenters. The molecule has 0 aromatic heterocycles. The van der Waals surface area contributed by atoms with Crippen molar-refractivity contribution in [2.24, 2.45) is 0 Å². The highest BCUT2D eigenvalue weighted by Crippen LogP contribution is 2.33. The maximum Gasteiger partial charge on any atom is 0.254 e. The fourth-order valence-electron chi connectivity index (χ4n) is 2.95. The third-order valence-electron chi connectivity index (χ3n) is 4.05. The minimum Gasteiger partial charge on any atom is -0.489 e. The first-order chi connectivity index (χ1) is 11.2. The van der Waals surface area contributed by atoms with E-state index in [1.807, 2.05) is 36.1 Å². The van der Waals surface area contributed by atoms with Gasteiger partial charge in [-0.3, -0.25) is 4.79 Å². The minimum atomic E-state index is -0.0587. The molecule has 0 radical (unpaired) electrons. The molecule has 0 aliphatic carbocycles. The number of hydrogen-bond donors (Lipinski definition) is 0.